The number of rotatable bonds is 5. The van der Waals surface area contributed by atoms with E-state index in [1.807, 2.05) is 0 Å². The molecule has 2 aliphatic rings. The maximum absolute atomic E-state index is 12.8. The summed E-state index contributed by atoms with van der Waals surface area (Å²) in [5.41, 5.74) is -0.257. The van der Waals surface area contributed by atoms with E-state index in [1.165, 1.54) is 6.42 Å². The summed E-state index contributed by atoms with van der Waals surface area (Å²) in [7, 11) is 0. The Morgan fingerprint density at radius 2 is 1.84 bits per heavy atom. The van der Waals surface area contributed by atoms with Crippen LogP contribution in [-0.2, 0) is 14.3 Å². The maximum atomic E-state index is 12.8. The highest BCUT2D eigenvalue weighted by Crippen LogP contribution is 2.40. The van der Waals surface area contributed by atoms with Crippen molar-refractivity contribution in [2.24, 2.45) is 5.41 Å². The molecule has 0 bridgehead atoms. The molecular formula is C15H25NO3. The molecule has 2 rings (SSSR count). The highest BCUT2D eigenvalue weighted by molar-refractivity contribution is 5.86. The first kappa shape index (κ1) is 14.4. The van der Waals surface area contributed by atoms with E-state index in [0.29, 0.717) is 6.61 Å². The Kier molecular flexibility index (Phi) is 4.48. The Morgan fingerprint density at radius 3 is 2.37 bits per heavy atom. The Balaban J connectivity index is 2.01. The largest absolute Gasteiger partial charge is 0.465 e. The van der Waals surface area contributed by atoms with Crippen molar-refractivity contribution < 1.29 is 14.3 Å². The fourth-order valence-electron chi connectivity index (χ4n) is 2.99. The number of carbonyl (C=O) groups excluding carboxylic acids is 2. The summed E-state index contributed by atoms with van der Waals surface area (Å²) in [6, 6.07) is 0.274. The fourth-order valence-corrected chi connectivity index (χ4v) is 2.99. The summed E-state index contributed by atoms with van der Waals surface area (Å²) in [6.07, 6.45) is 7.45. The van der Waals surface area contributed by atoms with Gasteiger partial charge in [-0.15, -0.1) is 0 Å². The molecule has 0 unspecified atom stereocenters. The van der Waals surface area contributed by atoms with Gasteiger partial charge in [0.25, 0.3) is 0 Å². The first-order valence-corrected chi connectivity index (χ1v) is 7.53. The lowest BCUT2D eigenvalue weighted by atomic mass is 9.74. The maximum Gasteiger partial charge on any atom is 0.325 e. The second-order valence-electron chi connectivity index (χ2n) is 6.09. The molecule has 0 aliphatic heterocycles. The van der Waals surface area contributed by atoms with Crippen molar-refractivity contribution in [1.82, 2.24) is 4.90 Å². The Bertz CT molecular complexity index is 343. The van der Waals surface area contributed by atoms with Crippen LogP contribution in [0.4, 0.5) is 0 Å². The zero-order valence-corrected chi connectivity index (χ0v) is 12.1. The van der Waals surface area contributed by atoms with E-state index in [0.717, 1.165) is 38.5 Å². The van der Waals surface area contributed by atoms with E-state index in [-0.39, 0.29) is 29.9 Å². The Hall–Kier alpha value is -1.06. The predicted molar refractivity (Wildman–Crippen MR) is 72.6 cm³/mol. The second kappa shape index (κ2) is 5.93. The van der Waals surface area contributed by atoms with E-state index in [2.05, 4.69) is 6.92 Å². The molecule has 0 aromatic carbocycles. The average molecular weight is 267 g/mol. The number of hydrogen-bond acceptors (Lipinski definition) is 3. The molecule has 0 saturated heterocycles. The molecule has 0 radical (unpaired) electrons. The highest BCUT2D eigenvalue weighted by Gasteiger charge is 2.43. The summed E-state index contributed by atoms with van der Waals surface area (Å²) in [5, 5.41) is 0. The predicted octanol–water partition coefficient (Wildman–Crippen LogP) is 2.51. The second-order valence-corrected chi connectivity index (χ2v) is 6.09. The van der Waals surface area contributed by atoms with Crippen LogP contribution >= 0.6 is 0 Å². The van der Waals surface area contributed by atoms with E-state index in [9.17, 15) is 9.59 Å². The molecule has 2 fully saturated rings. The molecule has 0 spiro atoms. The van der Waals surface area contributed by atoms with Gasteiger partial charge in [-0.1, -0.05) is 26.2 Å². The summed E-state index contributed by atoms with van der Waals surface area (Å²) in [6.45, 7) is 4.37. The highest BCUT2D eigenvalue weighted by atomic mass is 16.5. The smallest absolute Gasteiger partial charge is 0.325 e. The van der Waals surface area contributed by atoms with Gasteiger partial charge in [0.2, 0.25) is 5.91 Å². The fraction of sp³-hybridized carbons (Fsp3) is 0.867. The molecular weight excluding hydrogens is 242 g/mol. The minimum absolute atomic E-state index is 0.132. The van der Waals surface area contributed by atoms with E-state index in [4.69, 9.17) is 4.74 Å². The standard InChI is InChI=1S/C15H25NO3/c1-3-19-13(17)11-16(12-7-8-12)14(18)15(2)9-5-4-6-10-15/h12H,3-11H2,1-2H3. The van der Waals surface area contributed by atoms with Gasteiger partial charge < -0.3 is 9.64 Å². The molecule has 1 amide bonds. The molecule has 2 aliphatic carbocycles. The summed E-state index contributed by atoms with van der Waals surface area (Å²) in [5.74, 6) is -0.107. The molecule has 2 saturated carbocycles. The molecule has 108 valence electrons. The van der Waals surface area contributed by atoms with Crippen molar-refractivity contribution in [2.45, 2.75) is 64.8 Å². The third-order valence-corrected chi connectivity index (χ3v) is 4.33. The Labute approximate surface area is 115 Å². The summed E-state index contributed by atoms with van der Waals surface area (Å²) in [4.78, 5) is 26.2. The van der Waals surface area contributed by atoms with Gasteiger partial charge in [0.15, 0.2) is 0 Å². The number of esters is 1. The summed E-state index contributed by atoms with van der Waals surface area (Å²) >= 11 is 0. The van der Waals surface area contributed by atoms with Crippen LogP contribution in [0.15, 0.2) is 0 Å². The molecule has 0 aromatic heterocycles. The monoisotopic (exact) mass is 267 g/mol. The van der Waals surface area contributed by atoms with Gasteiger partial charge in [0.1, 0.15) is 6.54 Å². The average Bonchev–Trinajstić information content (AvgIpc) is 3.21. The van der Waals surface area contributed by atoms with Crippen LogP contribution in [0.2, 0.25) is 0 Å². The van der Waals surface area contributed by atoms with Gasteiger partial charge in [-0.3, -0.25) is 9.59 Å². The normalized spacial score (nSPS) is 21.8. The lowest BCUT2D eigenvalue weighted by Crippen LogP contribution is -2.47. The van der Waals surface area contributed by atoms with Gasteiger partial charge in [-0.2, -0.15) is 0 Å². The zero-order chi connectivity index (χ0) is 13.9. The lowest BCUT2D eigenvalue weighted by molar-refractivity contribution is -0.154. The third kappa shape index (κ3) is 3.48. The minimum Gasteiger partial charge on any atom is -0.465 e. The number of ether oxygens (including phenoxy) is 1. The van der Waals surface area contributed by atoms with Crippen LogP contribution in [0.5, 0.6) is 0 Å². The van der Waals surface area contributed by atoms with E-state index in [1.54, 1.807) is 11.8 Å². The molecule has 4 heteroatoms. The topological polar surface area (TPSA) is 46.6 Å². The number of nitrogens with zero attached hydrogens (tertiary/aromatic N) is 1. The van der Waals surface area contributed by atoms with Crippen LogP contribution in [0.3, 0.4) is 0 Å². The number of amides is 1. The van der Waals surface area contributed by atoms with Crippen LogP contribution in [-0.4, -0.2) is 36.0 Å². The molecule has 0 atom stereocenters. The first-order valence-electron chi connectivity index (χ1n) is 7.53. The lowest BCUT2D eigenvalue weighted by Gasteiger charge is -2.37. The van der Waals surface area contributed by atoms with E-state index >= 15 is 0 Å². The Morgan fingerprint density at radius 1 is 1.21 bits per heavy atom. The van der Waals surface area contributed by atoms with Crippen molar-refractivity contribution in [1.29, 1.82) is 0 Å². The zero-order valence-electron chi connectivity index (χ0n) is 12.1. The minimum atomic E-state index is -0.276. The SMILES string of the molecule is CCOC(=O)CN(C(=O)C1(C)CCCCC1)C1CC1. The third-order valence-electron chi connectivity index (χ3n) is 4.33. The molecule has 0 heterocycles. The quantitative estimate of drug-likeness (QED) is 0.719. The summed E-state index contributed by atoms with van der Waals surface area (Å²) < 4.78 is 4.99. The van der Waals surface area contributed by atoms with Crippen LogP contribution in [0, 0.1) is 5.41 Å². The van der Waals surface area contributed by atoms with Crippen molar-refractivity contribution in [3.63, 3.8) is 0 Å². The van der Waals surface area contributed by atoms with Gasteiger partial charge in [-0.05, 0) is 32.6 Å². The molecule has 4 nitrogen and oxygen atoms in total. The van der Waals surface area contributed by atoms with E-state index < -0.39 is 0 Å². The number of hydrogen-bond donors (Lipinski definition) is 0. The molecule has 0 aromatic rings. The van der Waals surface area contributed by atoms with Gasteiger partial charge in [0, 0.05) is 11.5 Å². The van der Waals surface area contributed by atoms with Crippen LogP contribution < -0.4 is 0 Å². The van der Waals surface area contributed by atoms with Crippen LogP contribution in [0.25, 0.3) is 0 Å². The number of carbonyl (C=O) groups is 2. The van der Waals surface area contributed by atoms with Crippen molar-refractivity contribution in [3.8, 4) is 0 Å². The van der Waals surface area contributed by atoms with Gasteiger partial charge in [0.05, 0.1) is 6.61 Å². The van der Waals surface area contributed by atoms with Gasteiger partial charge >= 0.3 is 5.97 Å². The molecule has 19 heavy (non-hydrogen) atoms. The molecule has 0 N–H and O–H groups in total. The first-order chi connectivity index (χ1) is 9.07. The van der Waals surface area contributed by atoms with Gasteiger partial charge in [-0.25, -0.2) is 0 Å². The van der Waals surface area contributed by atoms with Crippen molar-refractivity contribution in [2.75, 3.05) is 13.2 Å². The van der Waals surface area contributed by atoms with Crippen LogP contribution in [0.1, 0.15) is 58.8 Å². The van der Waals surface area contributed by atoms with Crippen molar-refractivity contribution in [3.05, 3.63) is 0 Å². The van der Waals surface area contributed by atoms with Crippen molar-refractivity contribution >= 4 is 11.9 Å².